The molecule has 2 aromatic carbocycles. The van der Waals surface area contributed by atoms with Crippen LogP contribution in [0.3, 0.4) is 0 Å². The second kappa shape index (κ2) is 7.79. The van der Waals surface area contributed by atoms with Gasteiger partial charge in [-0.1, -0.05) is 30.3 Å². The third-order valence-corrected chi connectivity index (χ3v) is 4.16. The molecule has 0 aliphatic carbocycles. The zero-order valence-electron chi connectivity index (χ0n) is 14.8. The van der Waals surface area contributed by atoms with Crippen LogP contribution >= 0.6 is 0 Å². The van der Waals surface area contributed by atoms with Crippen molar-refractivity contribution >= 4 is 28.4 Å². The molecule has 4 aromatic rings. The molecular weight excluding hydrogens is 357 g/mol. The van der Waals surface area contributed by atoms with E-state index >= 15 is 0 Å². The lowest BCUT2D eigenvalue weighted by Gasteiger charge is -2.08. The van der Waals surface area contributed by atoms with Gasteiger partial charge in [0.05, 0.1) is 16.8 Å². The number of benzene rings is 2. The largest absolute Gasteiger partial charge is 0.350 e. The van der Waals surface area contributed by atoms with Gasteiger partial charge in [-0.25, -0.2) is 14.4 Å². The highest BCUT2D eigenvalue weighted by molar-refractivity contribution is 6.08. The first-order valence-electron chi connectivity index (χ1n) is 8.64. The minimum Gasteiger partial charge on any atom is -0.350 e. The number of amides is 1. The van der Waals surface area contributed by atoms with Crippen molar-refractivity contribution in [3.63, 3.8) is 0 Å². The Hall–Kier alpha value is -3.87. The van der Waals surface area contributed by atoms with Crippen molar-refractivity contribution in [2.75, 3.05) is 10.6 Å². The third kappa shape index (κ3) is 3.93. The number of carbonyl (C=O) groups excluding carboxylic acids is 1. The molecule has 0 atom stereocenters. The van der Waals surface area contributed by atoms with Gasteiger partial charge in [-0.05, 0) is 29.8 Å². The lowest BCUT2D eigenvalue weighted by Crippen LogP contribution is -2.14. The SMILES string of the molecule is O=C(Nc1cccc2cccnc12)c1cnc(NCc2ccc(F)cc2)nc1. The summed E-state index contributed by atoms with van der Waals surface area (Å²) < 4.78 is 12.9. The summed E-state index contributed by atoms with van der Waals surface area (Å²) in [5, 5.41) is 6.82. The fourth-order valence-electron chi connectivity index (χ4n) is 2.72. The molecule has 2 aromatic heterocycles. The van der Waals surface area contributed by atoms with Gasteiger partial charge in [0.15, 0.2) is 0 Å². The Morgan fingerprint density at radius 2 is 1.68 bits per heavy atom. The smallest absolute Gasteiger partial charge is 0.258 e. The molecule has 0 bridgehead atoms. The summed E-state index contributed by atoms with van der Waals surface area (Å²) in [5.74, 6) is -0.215. The van der Waals surface area contributed by atoms with Crippen molar-refractivity contribution in [2.45, 2.75) is 6.54 Å². The van der Waals surface area contributed by atoms with Crippen LogP contribution in [0.5, 0.6) is 0 Å². The predicted octanol–water partition coefficient (Wildman–Crippen LogP) is 4.03. The number of fused-ring (bicyclic) bond motifs is 1. The molecule has 2 N–H and O–H groups in total. The quantitative estimate of drug-likeness (QED) is 0.552. The van der Waals surface area contributed by atoms with Crippen LogP contribution in [0.15, 0.2) is 73.2 Å². The predicted molar refractivity (Wildman–Crippen MR) is 105 cm³/mol. The summed E-state index contributed by atoms with van der Waals surface area (Å²) in [4.78, 5) is 25.2. The van der Waals surface area contributed by atoms with Gasteiger partial charge in [0, 0.05) is 30.5 Å². The topological polar surface area (TPSA) is 79.8 Å². The minimum absolute atomic E-state index is 0.281. The number of carbonyl (C=O) groups is 1. The van der Waals surface area contributed by atoms with Crippen molar-refractivity contribution in [1.29, 1.82) is 0 Å². The van der Waals surface area contributed by atoms with E-state index in [-0.39, 0.29) is 11.7 Å². The summed E-state index contributed by atoms with van der Waals surface area (Å²) in [6.45, 7) is 0.452. The Balaban J connectivity index is 1.43. The van der Waals surface area contributed by atoms with Gasteiger partial charge >= 0.3 is 0 Å². The van der Waals surface area contributed by atoms with Crippen molar-refractivity contribution in [2.24, 2.45) is 0 Å². The summed E-state index contributed by atoms with van der Waals surface area (Å²) in [6.07, 6.45) is 4.59. The standard InChI is InChI=1S/C21H16FN5O/c22-17-8-6-14(7-9-17)11-24-21-25-12-16(13-26-21)20(28)27-18-5-1-3-15-4-2-10-23-19(15)18/h1-10,12-13H,11H2,(H,27,28)(H,24,25,26). The number of pyridine rings is 1. The van der Waals surface area contributed by atoms with Crippen LogP contribution in [0, 0.1) is 5.82 Å². The normalized spacial score (nSPS) is 10.6. The van der Waals surface area contributed by atoms with E-state index in [1.54, 1.807) is 24.4 Å². The lowest BCUT2D eigenvalue weighted by atomic mass is 10.2. The summed E-state index contributed by atoms with van der Waals surface area (Å²) in [7, 11) is 0. The Bertz CT molecular complexity index is 1110. The van der Waals surface area contributed by atoms with E-state index in [4.69, 9.17) is 0 Å². The molecule has 0 aliphatic rings. The Morgan fingerprint density at radius 1 is 0.929 bits per heavy atom. The number of aromatic nitrogens is 3. The van der Waals surface area contributed by atoms with E-state index < -0.39 is 0 Å². The van der Waals surface area contributed by atoms with E-state index in [9.17, 15) is 9.18 Å². The molecule has 138 valence electrons. The molecule has 2 heterocycles. The Morgan fingerprint density at radius 3 is 2.46 bits per heavy atom. The van der Waals surface area contributed by atoms with Crippen LogP contribution in [0.4, 0.5) is 16.0 Å². The van der Waals surface area contributed by atoms with E-state index in [1.165, 1.54) is 24.5 Å². The third-order valence-electron chi connectivity index (χ3n) is 4.16. The number of rotatable bonds is 5. The lowest BCUT2D eigenvalue weighted by molar-refractivity contribution is 0.102. The van der Waals surface area contributed by atoms with Gasteiger partial charge in [0.2, 0.25) is 5.95 Å². The highest BCUT2D eigenvalue weighted by atomic mass is 19.1. The zero-order valence-corrected chi connectivity index (χ0v) is 14.8. The molecule has 28 heavy (non-hydrogen) atoms. The highest BCUT2D eigenvalue weighted by Gasteiger charge is 2.10. The average Bonchev–Trinajstić information content (AvgIpc) is 2.74. The number of nitrogens with zero attached hydrogens (tertiary/aromatic N) is 3. The van der Waals surface area contributed by atoms with Gasteiger partial charge in [0.1, 0.15) is 5.82 Å². The van der Waals surface area contributed by atoms with Crippen LogP contribution in [-0.4, -0.2) is 20.9 Å². The molecular formula is C21H16FN5O. The van der Waals surface area contributed by atoms with Crippen molar-refractivity contribution in [3.05, 3.63) is 90.1 Å². The van der Waals surface area contributed by atoms with Gasteiger partial charge in [-0.2, -0.15) is 0 Å². The van der Waals surface area contributed by atoms with Gasteiger partial charge in [-0.15, -0.1) is 0 Å². The molecule has 0 saturated heterocycles. The Labute approximate surface area is 160 Å². The number of hydrogen-bond donors (Lipinski definition) is 2. The van der Waals surface area contributed by atoms with Crippen LogP contribution in [-0.2, 0) is 6.54 Å². The Kier molecular flexibility index (Phi) is 4.88. The van der Waals surface area contributed by atoms with Crippen molar-refractivity contribution in [3.8, 4) is 0 Å². The van der Waals surface area contributed by atoms with Crippen LogP contribution in [0.2, 0.25) is 0 Å². The fraction of sp³-hybridized carbons (Fsp3) is 0.0476. The second-order valence-corrected chi connectivity index (χ2v) is 6.11. The molecule has 0 aliphatic heterocycles. The fourth-order valence-corrected chi connectivity index (χ4v) is 2.72. The van der Waals surface area contributed by atoms with E-state index in [2.05, 4.69) is 25.6 Å². The first-order valence-corrected chi connectivity index (χ1v) is 8.64. The number of nitrogens with one attached hydrogen (secondary N) is 2. The highest BCUT2D eigenvalue weighted by Crippen LogP contribution is 2.21. The molecule has 4 rings (SSSR count). The molecule has 0 fully saturated rings. The number of para-hydroxylation sites is 1. The number of hydrogen-bond acceptors (Lipinski definition) is 5. The van der Waals surface area contributed by atoms with Crippen molar-refractivity contribution < 1.29 is 9.18 Å². The van der Waals surface area contributed by atoms with Gasteiger partial charge < -0.3 is 10.6 Å². The first-order chi connectivity index (χ1) is 13.7. The molecule has 0 radical (unpaired) electrons. The maximum absolute atomic E-state index is 12.9. The second-order valence-electron chi connectivity index (χ2n) is 6.11. The summed E-state index contributed by atoms with van der Waals surface area (Å²) in [6, 6.07) is 15.5. The summed E-state index contributed by atoms with van der Waals surface area (Å²) >= 11 is 0. The maximum Gasteiger partial charge on any atom is 0.258 e. The van der Waals surface area contributed by atoms with Gasteiger partial charge in [0.25, 0.3) is 5.91 Å². The molecule has 1 amide bonds. The number of halogens is 1. The molecule has 0 unspecified atom stereocenters. The molecule has 6 nitrogen and oxygen atoms in total. The van der Waals surface area contributed by atoms with Crippen LogP contribution in [0.1, 0.15) is 15.9 Å². The molecule has 0 saturated carbocycles. The monoisotopic (exact) mass is 373 g/mol. The van der Waals surface area contributed by atoms with Crippen molar-refractivity contribution in [1.82, 2.24) is 15.0 Å². The van der Waals surface area contributed by atoms with Crippen LogP contribution < -0.4 is 10.6 Å². The minimum atomic E-state index is -0.316. The average molecular weight is 373 g/mol. The molecule has 0 spiro atoms. The van der Waals surface area contributed by atoms with E-state index in [0.29, 0.717) is 23.7 Å². The summed E-state index contributed by atoms with van der Waals surface area (Å²) in [5.41, 5.74) is 2.58. The first kappa shape index (κ1) is 17.5. The number of anilines is 2. The zero-order chi connectivity index (χ0) is 19.3. The van der Waals surface area contributed by atoms with E-state index in [0.717, 1.165) is 16.5 Å². The van der Waals surface area contributed by atoms with Crippen LogP contribution in [0.25, 0.3) is 10.9 Å². The molecule has 7 heteroatoms. The van der Waals surface area contributed by atoms with E-state index in [1.807, 2.05) is 24.3 Å². The van der Waals surface area contributed by atoms with Gasteiger partial charge in [-0.3, -0.25) is 9.78 Å². The maximum atomic E-state index is 12.9.